The second kappa shape index (κ2) is 36.8. The maximum Gasteiger partial charge on any atom is 0.308 e. The van der Waals surface area contributed by atoms with Crippen LogP contribution in [0.2, 0.25) is 0 Å². The van der Waals surface area contributed by atoms with Gasteiger partial charge in [0.1, 0.15) is 12.2 Å². The molecule has 1 amide bonds. The van der Waals surface area contributed by atoms with Gasteiger partial charge in [0.25, 0.3) is 0 Å². The van der Waals surface area contributed by atoms with Gasteiger partial charge in [-0.05, 0) is 99.2 Å². The summed E-state index contributed by atoms with van der Waals surface area (Å²) in [7, 11) is 3.79. The zero-order valence-electron chi connectivity index (χ0n) is 47.5. The van der Waals surface area contributed by atoms with Gasteiger partial charge in [-0.15, -0.1) is 0 Å². The number of nitrogens with zero attached hydrogens (tertiary/aromatic N) is 2. The number of nitrogens with one attached hydrogen (secondary N) is 1. The van der Waals surface area contributed by atoms with E-state index in [1.807, 2.05) is 85.5 Å². The van der Waals surface area contributed by atoms with Gasteiger partial charge in [0, 0.05) is 44.1 Å². The molecule has 0 saturated carbocycles. The number of nitrogens with two attached hydrogens (primary N) is 2. The summed E-state index contributed by atoms with van der Waals surface area (Å²) in [6, 6.07) is -0.845. The summed E-state index contributed by atoms with van der Waals surface area (Å²) < 4.78 is 24.6. The van der Waals surface area contributed by atoms with E-state index in [0.717, 1.165) is 0 Å². The van der Waals surface area contributed by atoms with E-state index >= 15 is 0 Å². The average Bonchev–Trinajstić information content (AvgIpc) is 3.46. The number of hydrogen-bond acceptors (Lipinski definition) is 20. The number of hydrogen-bond donors (Lipinski definition) is 13. The lowest BCUT2D eigenvalue weighted by atomic mass is 9.82. The molecule has 21 heteroatoms. The number of esters is 1. The van der Waals surface area contributed by atoms with Crippen LogP contribution >= 0.6 is 0 Å². The van der Waals surface area contributed by atoms with Crippen LogP contribution in [0.4, 0.5) is 0 Å². The fourth-order valence-corrected chi connectivity index (χ4v) is 10.1. The van der Waals surface area contributed by atoms with Crippen molar-refractivity contribution in [2.24, 2.45) is 29.2 Å². The summed E-state index contributed by atoms with van der Waals surface area (Å²) >= 11 is 0. The maximum absolute atomic E-state index is 14.1. The molecule has 79 heavy (non-hydrogen) atoms. The Hall–Kier alpha value is -3.56. The van der Waals surface area contributed by atoms with Crippen LogP contribution in [0.5, 0.6) is 0 Å². The van der Waals surface area contributed by atoms with Crippen molar-refractivity contribution in [3.63, 3.8) is 0 Å². The molecule has 0 aromatic carbocycles. The molecule has 2 saturated heterocycles. The van der Waals surface area contributed by atoms with E-state index in [1.165, 1.54) is 0 Å². The van der Waals surface area contributed by atoms with E-state index in [9.17, 15) is 60.7 Å². The van der Waals surface area contributed by atoms with Crippen LogP contribution in [-0.4, -0.2) is 224 Å². The highest BCUT2D eigenvalue weighted by atomic mass is 16.7. The van der Waals surface area contributed by atoms with E-state index in [1.54, 1.807) is 51.2 Å². The number of carbonyl (C=O) groups is 2. The van der Waals surface area contributed by atoms with Crippen molar-refractivity contribution < 1.29 is 79.6 Å². The number of allylic oxidation sites excluding steroid dienone is 12. The SMILES string of the molecule is C[C@@H]1[C@H](O)[C@@H](C)C=CC=CC=CC=CC=CC=CC=C[C@H](O[C@@H]2O[C@H](C)[C@@H](O)[C@H](N(CCCN)CCCN)[C@@H]2O)C[C@@H]2O[C@](O)(C[C@@H](O)C[C@@H](O)[C@H](O)CC[C@@H](O)C[C@@H](O)CC(=O)O[C@H]1C)C[C@H](O)[C@H]2C(=O)NCCCN(C)C. The lowest BCUT2D eigenvalue weighted by Gasteiger charge is -2.48. The molecule has 0 unspecified atom stereocenters. The van der Waals surface area contributed by atoms with Crippen molar-refractivity contribution in [2.45, 2.75) is 196 Å². The van der Waals surface area contributed by atoms with Gasteiger partial charge in [0.2, 0.25) is 5.91 Å². The van der Waals surface area contributed by atoms with Gasteiger partial charge in [-0.2, -0.15) is 0 Å². The van der Waals surface area contributed by atoms with Gasteiger partial charge in [-0.1, -0.05) is 98.9 Å². The minimum absolute atomic E-state index is 0.0956. The zero-order valence-corrected chi connectivity index (χ0v) is 47.5. The Kier molecular flexibility index (Phi) is 32.5. The van der Waals surface area contributed by atoms with Gasteiger partial charge in [-0.3, -0.25) is 14.5 Å². The highest BCUT2D eigenvalue weighted by molar-refractivity contribution is 5.80. The lowest BCUT2D eigenvalue weighted by Crippen LogP contribution is -2.64. The van der Waals surface area contributed by atoms with Crippen LogP contribution in [0.15, 0.2) is 85.1 Å². The molecule has 2 bridgehead atoms. The molecule has 15 N–H and O–H groups in total. The summed E-state index contributed by atoms with van der Waals surface area (Å²) in [4.78, 5) is 30.7. The van der Waals surface area contributed by atoms with E-state index in [4.69, 9.17) is 30.4 Å². The summed E-state index contributed by atoms with van der Waals surface area (Å²) in [6.07, 6.45) is 6.96. The van der Waals surface area contributed by atoms with Crippen LogP contribution in [0, 0.1) is 17.8 Å². The third-order valence-electron chi connectivity index (χ3n) is 14.8. The quantitative estimate of drug-likeness (QED) is 0.0842. The molecule has 0 spiro atoms. The van der Waals surface area contributed by atoms with Crippen LogP contribution in [0.1, 0.15) is 98.3 Å². The molecule has 0 aliphatic carbocycles. The Labute approximate surface area is 468 Å². The van der Waals surface area contributed by atoms with Gasteiger partial charge in [0.15, 0.2) is 12.1 Å². The fourth-order valence-electron chi connectivity index (χ4n) is 10.1. The Morgan fingerprint density at radius 2 is 1.25 bits per heavy atom. The molecule has 0 radical (unpaired) electrons. The number of fused-ring (bicyclic) bond motifs is 2. The molecule has 3 aliphatic heterocycles. The number of amides is 1. The second-order valence-electron chi connectivity index (χ2n) is 21.9. The Morgan fingerprint density at radius 3 is 1.84 bits per heavy atom. The third kappa shape index (κ3) is 25.2. The Morgan fingerprint density at radius 1 is 0.671 bits per heavy atom. The van der Waals surface area contributed by atoms with Crippen LogP contribution in [0.25, 0.3) is 0 Å². The standard InChI is InChI=1S/C58H99N5O16/c1-38-22-17-15-13-11-9-7-8-10-12-14-16-18-23-45(78-57-55(73)52(54(72)41(4)77-57)63(30-19-26-59)31-20-27-60)35-49-51(56(74)61-28-21-29-62(5)6)48(69)37-58(75,79-49)36-44(66)33-47(68)46(67)25-24-42(64)32-43(65)34-50(70)76-40(3)39(2)53(38)71/h7-18,22-23,38-49,51-55,57,64-69,71-73,75H,19-21,24-37,59-60H2,1-6H3,(H,61,74)/t38-,39-,40-,41+,42+,43+,44-,45-,46+,47+,48-,49-,51+,52-,53+,54+,55-,57-,58+/m0/s1. The van der Waals surface area contributed by atoms with Crippen LogP contribution in [0.3, 0.4) is 0 Å². The molecule has 19 atom stereocenters. The third-order valence-corrected chi connectivity index (χ3v) is 14.8. The smallest absolute Gasteiger partial charge is 0.308 e. The van der Waals surface area contributed by atoms with Crippen LogP contribution < -0.4 is 16.8 Å². The molecular formula is C58H99N5O16. The molecule has 0 aromatic heterocycles. The summed E-state index contributed by atoms with van der Waals surface area (Å²) in [5, 5.41) is 116. The largest absolute Gasteiger partial charge is 0.462 e. The number of aliphatic hydroxyl groups excluding tert-OH is 9. The van der Waals surface area contributed by atoms with Gasteiger partial charge in [-0.25, -0.2) is 0 Å². The van der Waals surface area contributed by atoms with Crippen molar-refractivity contribution >= 4 is 11.9 Å². The van der Waals surface area contributed by atoms with Crippen molar-refractivity contribution in [2.75, 3.05) is 53.4 Å². The number of carbonyl (C=O) groups excluding carboxylic acids is 2. The Bertz CT molecular complexity index is 1950. The highest BCUT2D eigenvalue weighted by Crippen LogP contribution is 2.38. The molecule has 0 aromatic rings. The summed E-state index contributed by atoms with van der Waals surface area (Å²) in [5.74, 6) is -5.57. The molecule has 3 heterocycles. The topological polar surface area (TPSA) is 344 Å². The first-order valence-corrected chi connectivity index (χ1v) is 28.3. The Balaban J connectivity index is 2.02. The first kappa shape index (κ1) is 69.7. The van der Waals surface area contributed by atoms with Crippen LogP contribution in [-0.2, 0) is 28.5 Å². The molecule has 2 fully saturated rings. The normalized spacial score (nSPS) is 36.8. The zero-order chi connectivity index (χ0) is 58.7. The number of aliphatic hydroxyl groups is 10. The van der Waals surface area contributed by atoms with E-state index in [0.29, 0.717) is 52.0 Å². The molecule has 21 nitrogen and oxygen atoms in total. The van der Waals surface area contributed by atoms with Gasteiger partial charge >= 0.3 is 5.97 Å². The average molecular weight is 1120 g/mol. The highest BCUT2D eigenvalue weighted by Gasteiger charge is 2.51. The minimum atomic E-state index is -2.28. The van der Waals surface area contributed by atoms with Crippen molar-refractivity contribution in [3.05, 3.63) is 85.1 Å². The first-order valence-electron chi connectivity index (χ1n) is 28.3. The predicted molar refractivity (Wildman–Crippen MR) is 300 cm³/mol. The first-order chi connectivity index (χ1) is 37.5. The minimum Gasteiger partial charge on any atom is -0.462 e. The second-order valence-corrected chi connectivity index (χ2v) is 21.9. The number of cyclic esters (lactones) is 1. The van der Waals surface area contributed by atoms with E-state index in [2.05, 4.69) is 5.32 Å². The van der Waals surface area contributed by atoms with E-state index in [-0.39, 0.29) is 38.1 Å². The van der Waals surface area contributed by atoms with Crippen molar-refractivity contribution in [1.82, 2.24) is 15.1 Å². The van der Waals surface area contributed by atoms with Crippen molar-refractivity contribution in [3.8, 4) is 0 Å². The molecule has 452 valence electrons. The van der Waals surface area contributed by atoms with Gasteiger partial charge in [0.05, 0.1) is 85.5 Å². The predicted octanol–water partition coefficient (Wildman–Crippen LogP) is 0.736. The fraction of sp³-hybridized carbons (Fsp3) is 0.724. The molecular weight excluding hydrogens is 1020 g/mol. The number of ether oxygens (including phenoxy) is 4. The van der Waals surface area contributed by atoms with E-state index < -0.39 is 147 Å². The maximum atomic E-state index is 14.1. The number of rotatable bonds is 14. The summed E-state index contributed by atoms with van der Waals surface area (Å²) in [6.45, 7) is 9.50. The monoisotopic (exact) mass is 1120 g/mol. The molecule has 3 aliphatic rings. The molecule has 3 rings (SSSR count). The summed E-state index contributed by atoms with van der Waals surface area (Å²) in [5.41, 5.74) is 11.7. The van der Waals surface area contributed by atoms with Gasteiger partial charge < -0.3 is 91.7 Å². The van der Waals surface area contributed by atoms with Crippen molar-refractivity contribution in [1.29, 1.82) is 0 Å². The lowest BCUT2D eigenvalue weighted by molar-refractivity contribution is -0.311.